The number of nitrogens with one attached hydrogen (secondary N) is 1. The number of rotatable bonds is 8. The number of benzene rings is 1. The van der Waals surface area contributed by atoms with Crippen molar-refractivity contribution in [1.82, 2.24) is 14.9 Å². The molecule has 2 fully saturated rings. The summed E-state index contributed by atoms with van der Waals surface area (Å²) in [6, 6.07) is 5.58. The van der Waals surface area contributed by atoms with E-state index in [1.165, 1.54) is 35.4 Å². The quantitative estimate of drug-likeness (QED) is 0.199. The second-order valence-electron chi connectivity index (χ2n) is 12.1. The number of nitrogens with zero attached hydrogens (tertiary/aromatic N) is 5. The van der Waals surface area contributed by atoms with Crippen molar-refractivity contribution in [2.45, 2.75) is 70.8 Å². The first-order chi connectivity index (χ1) is 20.2. The minimum absolute atomic E-state index is 0.0264. The van der Waals surface area contributed by atoms with Gasteiger partial charge in [-0.05, 0) is 69.7 Å². The smallest absolute Gasteiger partial charge is 0.410 e. The summed E-state index contributed by atoms with van der Waals surface area (Å²) in [5.41, 5.74) is -0.128. The van der Waals surface area contributed by atoms with E-state index in [4.69, 9.17) is 16.3 Å². The average molecular weight is 623 g/mol. The maximum Gasteiger partial charge on any atom is 0.410 e. The van der Waals surface area contributed by atoms with Gasteiger partial charge < -0.3 is 19.9 Å². The molecule has 2 aliphatic heterocycles. The molecular formula is C29H37ClF2N6O5. The van der Waals surface area contributed by atoms with E-state index in [1.54, 1.807) is 20.8 Å². The molecule has 1 unspecified atom stereocenters. The van der Waals surface area contributed by atoms with Crippen molar-refractivity contribution < 1.29 is 28.0 Å². The lowest BCUT2D eigenvalue weighted by molar-refractivity contribution is -0.384. The zero-order valence-electron chi connectivity index (χ0n) is 24.5. The van der Waals surface area contributed by atoms with E-state index in [2.05, 4.69) is 15.3 Å². The minimum Gasteiger partial charge on any atom is -0.444 e. The van der Waals surface area contributed by atoms with Gasteiger partial charge in [0.25, 0.3) is 17.5 Å². The molecule has 234 valence electrons. The van der Waals surface area contributed by atoms with Crippen molar-refractivity contribution in [1.29, 1.82) is 0 Å². The summed E-state index contributed by atoms with van der Waals surface area (Å²) < 4.78 is 34.8. The van der Waals surface area contributed by atoms with E-state index in [9.17, 15) is 28.5 Å². The Balaban J connectivity index is 1.34. The van der Waals surface area contributed by atoms with Crippen LogP contribution in [0.2, 0.25) is 5.28 Å². The standard InChI is InChI=1S/C29H37ClF2N6O5/c1-28(2,3)43-27(40)37-16-12-29(31,32)20(18-37)6-4-5-19-10-14-36(15-11-19)23-17-21(38(41)42)7-8-22(23)25(39)34-24-9-13-33-26(30)35-24/h7-9,13,17,19-20H,4-6,10-12,14-16,18H2,1-3H3,(H,33,34,35,39). The Kier molecular flexibility index (Phi) is 10.0. The van der Waals surface area contributed by atoms with E-state index in [1.807, 2.05) is 4.90 Å². The number of amides is 2. The molecule has 2 saturated heterocycles. The predicted molar refractivity (Wildman–Crippen MR) is 158 cm³/mol. The monoisotopic (exact) mass is 622 g/mol. The van der Waals surface area contributed by atoms with Crippen LogP contribution >= 0.6 is 11.6 Å². The number of alkyl halides is 2. The summed E-state index contributed by atoms with van der Waals surface area (Å²) >= 11 is 5.82. The maximum absolute atomic E-state index is 14.7. The molecule has 11 nitrogen and oxygen atoms in total. The van der Waals surface area contributed by atoms with Gasteiger partial charge in [-0.25, -0.2) is 23.5 Å². The Morgan fingerprint density at radius 2 is 1.91 bits per heavy atom. The second-order valence-corrected chi connectivity index (χ2v) is 12.5. The van der Waals surface area contributed by atoms with Crippen LogP contribution < -0.4 is 10.2 Å². The number of carbonyl (C=O) groups excluding carboxylic acids is 2. The summed E-state index contributed by atoms with van der Waals surface area (Å²) in [4.78, 5) is 47.6. The van der Waals surface area contributed by atoms with Crippen LogP contribution in [-0.2, 0) is 4.74 Å². The Labute approximate surface area is 254 Å². The second kappa shape index (κ2) is 13.4. The number of nitro benzene ring substituents is 1. The first kappa shape index (κ1) is 32.3. The van der Waals surface area contributed by atoms with Crippen LogP contribution in [-0.4, -0.2) is 69.5 Å². The van der Waals surface area contributed by atoms with Crippen molar-refractivity contribution >= 4 is 40.8 Å². The molecule has 0 spiro atoms. The van der Waals surface area contributed by atoms with Crippen molar-refractivity contribution in [2.24, 2.45) is 11.8 Å². The Morgan fingerprint density at radius 1 is 1.19 bits per heavy atom. The molecule has 1 aromatic carbocycles. The molecule has 14 heteroatoms. The summed E-state index contributed by atoms with van der Waals surface area (Å²) in [5, 5.41) is 14.1. The third kappa shape index (κ3) is 8.71. The molecule has 43 heavy (non-hydrogen) atoms. The highest BCUT2D eigenvalue weighted by Crippen LogP contribution is 2.38. The van der Waals surface area contributed by atoms with Crippen molar-refractivity contribution in [2.75, 3.05) is 36.4 Å². The molecule has 1 N–H and O–H groups in total. The number of carbonyl (C=O) groups is 2. The first-order valence-corrected chi connectivity index (χ1v) is 14.8. The number of halogens is 3. The van der Waals surface area contributed by atoms with Crippen molar-refractivity contribution in [3.63, 3.8) is 0 Å². The van der Waals surface area contributed by atoms with Gasteiger partial charge in [0.2, 0.25) is 5.28 Å². The highest BCUT2D eigenvalue weighted by Gasteiger charge is 2.45. The lowest BCUT2D eigenvalue weighted by Gasteiger charge is -2.39. The summed E-state index contributed by atoms with van der Waals surface area (Å²) in [6.07, 6.45) is 3.61. The molecule has 2 amide bonds. The fourth-order valence-corrected chi connectivity index (χ4v) is 5.71. The molecule has 4 rings (SSSR count). The molecule has 0 aliphatic carbocycles. The van der Waals surface area contributed by atoms with Gasteiger partial charge in [0.1, 0.15) is 11.4 Å². The van der Waals surface area contributed by atoms with Gasteiger partial charge in [-0.3, -0.25) is 14.9 Å². The van der Waals surface area contributed by atoms with E-state index in [0.29, 0.717) is 31.6 Å². The number of nitro groups is 1. The third-order valence-electron chi connectivity index (χ3n) is 7.83. The van der Waals surface area contributed by atoms with Gasteiger partial charge in [0.05, 0.1) is 16.2 Å². The van der Waals surface area contributed by atoms with Crippen LogP contribution in [0.4, 0.5) is 30.8 Å². The Hall–Kier alpha value is -3.61. The van der Waals surface area contributed by atoms with Crippen LogP contribution in [0.1, 0.15) is 69.7 Å². The van der Waals surface area contributed by atoms with Crippen LogP contribution in [0, 0.1) is 22.0 Å². The lowest BCUT2D eigenvalue weighted by atomic mass is 9.85. The van der Waals surface area contributed by atoms with Crippen LogP contribution in [0.15, 0.2) is 30.5 Å². The zero-order valence-corrected chi connectivity index (χ0v) is 25.3. The van der Waals surface area contributed by atoms with Gasteiger partial charge in [-0.15, -0.1) is 0 Å². The molecule has 2 aromatic rings. The molecule has 1 atom stereocenters. The lowest BCUT2D eigenvalue weighted by Crippen LogP contribution is -2.50. The molecule has 1 aromatic heterocycles. The molecule has 0 saturated carbocycles. The number of non-ortho nitro benzene ring substituents is 1. The maximum atomic E-state index is 14.7. The Morgan fingerprint density at radius 3 is 2.56 bits per heavy atom. The zero-order chi connectivity index (χ0) is 31.4. The topological polar surface area (TPSA) is 131 Å². The van der Waals surface area contributed by atoms with E-state index >= 15 is 0 Å². The SMILES string of the molecule is CC(C)(C)OC(=O)N1CCC(F)(F)C(CCCC2CCN(c3cc([N+](=O)[O-])ccc3C(=O)Nc3ccnc(Cl)n3)CC2)C1. The molecule has 0 radical (unpaired) electrons. The fourth-order valence-electron chi connectivity index (χ4n) is 5.56. The number of aromatic nitrogens is 2. The van der Waals surface area contributed by atoms with E-state index < -0.39 is 34.4 Å². The van der Waals surface area contributed by atoms with Gasteiger partial charge in [-0.2, -0.15) is 0 Å². The fraction of sp³-hybridized carbons (Fsp3) is 0.586. The Bertz CT molecular complexity index is 1330. The average Bonchev–Trinajstić information content (AvgIpc) is 2.93. The normalized spacial score (nSPS) is 19.2. The van der Waals surface area contributed by atoms with Gasteiger partial charge in [0.15, 0.2) is 0 Å². The predicted octanol–water partition coefficient (Wildman–Crippen LogP) is 6.57. The largest absolute Gasteiger partial charge is 0.444 e. The number of anilines is 2. The molecule has 0 bridgehead atoms. The number of likely N-dealkylation sites (tertiary alicyclic amines) is 1. The molecule has 2 aliphatic rings. The highest BCUT2D eigenvalue weighted by molar-refractivity contribution is 6.28. The van der Waals surface area contributed by atoms with Gasteiger partial charge in [0, 0.05) is 56.8 Å². The number of hydrogen-bond acceptors (Lipinski definition) is 8. The number of hydrogen-bond donors (Lipinski definition) is 1. The third-order valence-corrected chi connectivity index (χ3v) is 8.01. The molecule has 3 heterocycles. The van der Waals surface area contributed by atoms with Crippen LogP contribution in [0.25, 0.3) is 0 Å². The summed E-state index contributed by atoms with van der Waals surface area (Å²) in [7, 11) is 0. The number of piperidine rings is 2. The van der Waals surface area contributed by atoms with E-state index in [-0.39, 0.29) is 47.8 Å². The van der Waals surface area contributed by atoms with Gasteiger partial charge in [-0.1, -0.05) is 12.8 Å². The highest BCUT2D eigenvalue weighted by atomic mass is 35.5. The molecular weight excluding hydrogens is 586 g/mol. The number of ether oxygens (including phenoxy) is 1. The van der Waals surface area contributed by atoms with Crippen LogP contribution in [0.3, 0.4) is 0 Å². The van der Waals surface area contributed by atoms with E-state index in [0.717, 1.165) is 19.3 Å². The van der Waals surface area contributed by atoms with Crippen LogP contribution in [0.5, 0.6) is 0 Å². The van der Waals surface area contributed by atoms with Crippen molar-refractivity contribution in [3.8, 4) is 0 Å². The summed E-state index contributed by atoms with van der Waals surface area (Å²) in [6.45, 7) is 6.29. The summed E-state index contributed by atoms with van der Waals surface area (Å²) in [5.74, 6) is -3.77. The first-order valence-electron chi connectivity index (χ1n) is 14.4. The minimum atomic E-state index is -2.84. The van der Waals surface area contributed by atoms with Gasteiger partial charge >= 0.3 is 6.09 Å². The van der Waals surface area contributed by atoms with Crippen molar-refractivity contribution in [3.05, 3.63) is 51.4 Å².